The van der Waals surface area contributed by atoms with Gasteiger partial charge in [0.2, 0.25) is 5.91 Å². The van der Waals surface area contributed by atoms with Gasteiger partial charge in [0, 0.05) is 17.2 Å². The summed E-state index contributed by atoms with van der Waals surface area (Å²) >= 11 is 14.4. The third-order valence-electron chi connectivity index (χ3n) is 3.73. The van der Waals surface area contributed by atoms with Crippen LogP contribution in [0.25, 0.3) is 0 Å². The second kappa shape index (κ2) is 10.1. The monoisotopic (exact) mass is 484 g/mol. The summed E-state index contributed by atoms with van der Waals surface area (Å²) in [6.45, 7) is 1.94. The lowest BCUT2D eigenvalue weighted by Crippen LogP contribution is -2.15. The number of nitro benzene ring substituents is 1. The highest BCUT2D eigenvalue weighted by Crippen LogP contribution is 2.29. The van der Waals surface area contributed by atoms with Crippen LogP contribution >= 0.6 is 46.3 Å². The molecule has 0 aliphatic rings. The maximum Gasteiger partial charge on any atom is 0.271 e. The van der Waals surface area contributed by atoms with Crippen LogP contribution < -0.4 is 10.1 Å². The number of hydrogen-bond donors (Lipinski definition) is 1. The van der Waals surface area contributed by atoms with Gasteiger partial charge in [0.25, 0.3) is 5.69 Å². The zero-order valence-corrected chi connectivity index (χ0v) is 18.6. The molecule has 0 unspecified atom stereocenters. The number of rotatable bonds is 8. The van der Waals surface area contributed by atoms with Crippen LogP contribution in [0.4, 0.5) is 11.4 Å². The minimum Gasteiger partial charge on any atom is -0.485 e. The number of benzene rings is 2. The molecule has 0 fully saturated rings. The van der Waals surface area contributed by atoms with Crippen molar-refractivity contribution >= 4 is 63.6 Å². The zero-order valence-electron chi connectivity index (χ0n) is 15.4. The molecule has 156 valence electrons. The standard InChI is InChI=1S/C18H14Cl2N4O4S2/c1-10-2-4-12(24(26)27)7-14(10)21-16(25)9-29-18-23-22-17(30-18)8-28-15-5-3-11(19)6-13(15)20/h2-7H,8-9H2,1H3,(H,21,25). The Kier molecular flexibility index (Phi) is 7.48. The number of aromatic nitrogens is 2. The first-order valence-corrected chi connectivity index (χ1v) is 11.0. The Morgan fingerprint density at radius 2 is 2.07 bits per heavy atom. The van der Waals surface area contributed by atoms with Crippen LogP contribution in [0.5, 0.6) is 5.75 Å². The average Bonchev–Trinajstić information content (AvgIpc) is 3.15. The lowest BCUT2D eigenvalue weighted by molar-refractivity contribution is -0.384. The maximum absolute atomic E-state index is 12.2. The van der Waals surface area contributed by atoms with Crippen molar-refractivity contribution in [3.05, 3.63) is 67.1 Å². The first kappa shape index (κ1) is 22.3. The van der Waals surface area contributed by atoms with Gasteiger partial charge in [-0.25, -0.2) is 0 Å². The van der Waals surface area contributed by atoms with Crippen LogP contribution in [-0.2, 0) is 11.4 Å². The molecule has 12 heteroatoms. The summed E-state index contributed by atoms with van der Waals surface area (Å²) in [4.78, 5) is 22.6. The van der Waals surface area contributed by atoms with Gasteiger partial charge in [-0.1, -0.05) is 52.4 Å². The predicted octanol–water partition coefficient (Wildman–Crippen LogP) is 5.37. The highest BCUT2D eigenvalue weighted by atomic mass is 35.5. The van der Waals surface area contributed by atoms with Gasteiger partial charge < -0.3 is 10.1 Å². The zero-order chi connectivity index (χ0) is 21.7. The summed E-state index contributed by atoms with van der Waals surface area (Å²) in [7, 11) is 0. The predicted molar refractivity (Wildman–Crippen MR) is 118 cm³/mol. The number of ether oxygens (including phenoxy) is 1. The Balaban J connectivity index is 1.52. The van der Waals surface area contributed by atoms with E-state index in [1.165, 1.54) is 35.2 Å². The largest absolute Gasteiger partial charge is 0.485 e. The van der Waals surface area contributed by atoms with Crippen molar-refractivity contribution in [3.63, 3.8) is 0 Å². The van der Waals surface area contributed by atoms with E-state index in [2.05, 4.69) is 15.5 Å². The van der Waals surface area contributed by atoms with Crippen LogP contribution in [-0.4, -0.2) is 26.8 Å². The molecule has 1 amide bonds. The molecule has 3 aromatic rings. The number of thioether (sulfide) groups is 1. The number of aryl methyl sites for hydroxylation is 1. The molecule has 0 saturated carbocycles. The fraction of sp³-hybridized carbons (Fsp3) is 0.167. The average molecular weight is 485 g/mol. The van der Waals surface area contributed by atoms with E-state index < -0.39 is 4.92 Å². The number of amides is 1. The third kappa shape index (κ3) is 6.05. The van der Waals surface area contributed by atoms with Crippen LogP contribution in [0.1, 0.15) is 10.6 Å². The molecular weight excluding hydrogens is 471 g/mol. The number of halogens is 2. The van der Waals surface area contributed by atoms with E-state index in [-0.39, 0.29) is 24.0 Å². The van der Waals surface area contributed by atoms with Crippen molar-refractivity contribution in [2.24, 2.45) is 0 Å². The Morgan fingerprint density at radius 3 is 2.80 bits per heavy atom. The summed E-state index contributed by atoms with van der Waals surface area (Å²) in [5.41, 5.74) is 1.05. The van der Waals surface area contributed by atoms with Gasteiger partial charge in [0.1, 0.15) is 12.4 Å². The quantitative estimate of drug-likeness (QED) is 0.260. The first-order chi connectivity index (χ1) is 14.3. The summed E-state index contributed by atoms with van der Waals surface area (Å²) in [6, 6.07) is 9.24. The Bertz CT molecular complexity index is 1090. The van der Waals surface area contributed by atoms with Crippen molar-refractivity contribution in [2.45, 2.75) is 17.9 Å². The molecule has 1 N–H and O–H groups in total. The van der Waals surface area contributed by atoms with Gasteiger partial charge >= 0.3 is 0 Å². The van der Waals surface area contributed by atoms with E-state index in [0.717, 1.165) is 5.56 Å². The van der Waals surface area contributed by atoms with Crippen molar-refractivity contribution in [2.75, 3.05) is 11.1 Å². The van der Waals surface area contributed by atoms with Gasteiger partial charge in [0.05, 0.1) is 21.4 Å². The minimum atomic E-state index is -0.508. The van der Waals surface area contributed by atoms with Crippen molar-refractivity contribution in [3.8, 4) is 5.75 Å². The highest BCUT2D eigenvalue weighted by Gasteiger charge is 2.13. The smallest absolute Gasteiger partial charge is 0.271 e. The molecule has 0 atom stereocenters. The molecule has 0 radical (unpaired) electrons. The molecule has 0 spiro atoms. The van der Waals surface area contributed by atoms with E-state index in [1.807, 2.05) is 0 Å². The van der Waals surface area contributed by atoms with Crippen molar-refractivity contribution in [1.82, 2.24) is 10.2 Å². The third-order valence-corrected chi connectivity index (χ3v) is 6.29. The Labute approximate surface area is 189 Å². The number of anilines is 1. The SMILES string of the molecule is Cc1ccc([N+](=O)[O-])cc1NC(=O)CSc1nnc(COc2ccc(Cl)cc2Cl)s1. The van der Waals surface area contributed by atoms with Gasteiger partial charge in [0.15, 0.2) is 9.35 Å². The van der Waals surface area contributed by atoms with Crippen LogP contribution in [0.2, 0.25) is 10.0 Å². The molecule has 0 aliphatic carbocycles. The molecule has 8 nitrogen and oxygen atoms in total. The van der Waals surface area contributed by atoms with E-state index in [0.29, 0.717) is 30.8 Å². The van der Waals surface area contributed by atoms with Gasteiger partial charge in [-0.2, -0.15) is 0 Å². The van der Waals surface area contributed by atoms with Gasteiger partial charge in [-0.3, -0.25) is 14.9 Å². The number of carbonyl (C=O) groups is 1. The van der Waals surface area contributed by atoms with Crippen molar-refractivity contribution in [1.29, 1.82) is 0 Å². The van der Waals surface area contributed by atoms with E-state index in [1.54, 1.807) is 31.2 Å². The molecule has 2 aromatic carbocycles. The first-order valence-electron chi connectivity index (χ1n) is 8.40. The lowest BCUT2D eigenvalue weighted by atomic mass is 10.2. The fourth-order valence-electron chi connectivity index (χ4n) is 2.26. The molecule has 1 heterocycles. The van der Waals surface area contributed by atoms with Crippen molar-refractivity contribution < 1.29 is 14.5 Å². The molecule has 30 heavy (non-hydrogen) atoms. The van der Waals surface area contributed by atoms with E-state index in [9.17, 15) is 14.9 Å². The summed E-state index contributed by atoms with van der Waals surface area (Å²) in [5.74, 6) is 0.266. The Morgan fingerprint density at radius 1 is 1.27 bits per heavy atom. The molecule has 0 bridgehead atoms. The maximum atomic E-state index is 12.2. The van der Waals surface area contributed by atoms with E-state index >= 15 is 0 Å². The van der Waals surface area contributed by atoms with Crippen LogP contribution in [0, 0.1) is 17.0 Å². The minimum absolute atomic E-state index is 0.0840. The summed E-state index contributed by atoms with van der Waals surface area (Å²) < 4.78 is 6.21. The summed E-state index contributed by atoms with van der Waals surface area (Å²) in [5, 5.41) is 23.2. The molecule has 0 aliphatic heterocycles. The van der Waals surface area contributed by atoms with Gasteiger partial charge in [-0.15, -0.1) is 10.2 Å². The van der Waals surface area contributed by atoms with Crippen LogP contribution in [0.3, 0.4) is 0 Å². The van der Waals surface area contributed by atoms with Crippen LogP contribution in [0.15, 0.2) is 40.7 Å². The van der Waals surface area contributed by atoms with Gasteiger partial charge in [-0.05, 0) is 30.7 Å². The molecule has 0 saturated heterocycles. The number of nitrogens with one attached hydrogen (secondary N) is 1. The lowest BCUT2D eigenvalue weighted by Gasteiger charge is -2.07. The fourth-order valence-corrected chi connectivity index (χ4v) is 4.33. The molecular formula is C18H14Cl2N4O4S2. The second-order valence-corrected chi connectivity index (χ2v) is 9.05. The number of nitrogens with zero attached hydrogens (tertiary/aromatic N) is 3. The molecule has 1 aromatic heterocycles. The topological polar surface area (TPSA) is 107 Å². The van der Waals surface area contributed by atoms with E-state index in [4.69, 9.17) is 27.9 Å². The second-order valence-electron chi connectivity index (χ2n) is 5.92. The number of carbonyl (C=O) groups excluding carboxylic acids is 1. The number of nitro groups is 1. The summed E-state index contributed by atoms with van der Waals surface area (Å²) in [6.07, 6.45) is 0. The normalized spacial score (nSPS) is 10.6. The number of hydrogen-bond acceptors (Lipinski definition) is 8. The number of non-ortho nitro benzene ring substituents is 1. The highest BCUT2D eigenvalue weighted by molar-refractivity contribution is 8.01. The molecule has 3 rings (SSSR count). The Hall–Kier alpha value is -2.40.